The summed E-state index contributed by atoms with van der Waals surface area (Å²) in [6.07, 6.45) is 5.57. The highest BCUT2D eigenvalue weighted by Gasteiger charge is 2.24. The summed E-state index contributed by atoms with van der Waals surface area (Å²) in [5.74, 6) is 0. The molecule has 1 aromatic carbocycles. The van der Waals surface area contributed by atoms with Crippen LogP contribution >= 0.6 is 0 Å². The van der Waals surface area contributed by atoms with E-state index in [9.17, 15) is 9.90 Å². The number of hydrogen-bond donors (Lipinski definition) is 3. The third kappa shape index (κ3) is 3.87. The molecule has 2 rings (SSSR count). The van der Waals surface area contributed by atoms with Crippen molar-refractivity contribution in [3.8, 4) is 0 Å². The number of aliphatic hydroxyl groups excluding tert-OH is 1. The molecule has 20 heavy (non-hydrogen) atoms. The summed E-state index contributed by atoms with van der Waals surface area (Å²) < 4.78 is 0. The van der Waals surface area contributed by atoms with E-state index in [0.717, 1.165) is 25.7 Å². The van der Waals surface area contributed by atoms with Crippen LogP contribution in [0.1, 0.15) is 32.1 Å². The van der Waals surface area contributed by atoms with Crippen molar-refractivity contribution in [3.63, 3.8) is 0 Å². The van der Waals surface area contributed by atoms with Gasteiger partial charge in [0.1, 0.15) is 0 Å². The molecule has 0 aromatic heterocycles. The van der Waals surface area contributed by atoms with E-state index in [2.05, 4.69) is 5.32 Å². The topological polar surface area (TPSA) is 78.6 Å². The monoisotopic (exact) mass is 277 g/mol. The summed E-state index contributed by atoms with van der Waals surface area (Å²) in [4.78, 5) is 14.1. The first-order valence-corrected chi connectivity index (χ1v) is 7.24. The summed E-state index contributed by atoms with van der Waals surface area (Å²) in [7, 11) is 0. The number of amides is 2. The van der Waals surface area contributed by atoms with E-state index in [4.69, 9.17) is 5.73 Å². The van der Waals surface area contributed by atoms with Crippen molar-refractivity contribution in [2.75, 3.05) is 24.2 Å². The van der Waals surface area contributed by atoms with Crippen LogP contribution in [0.2, 0.25) is 0 Å². The zero-order chi connectivity index (χ0) is 14.4. The SMILES string of the molecule is Nc1cccc(NC(=O)N(CCO)C2CCCCC2)c1. The Bertz CT molecular complexity index is 444. The Morgan fingerprint density at radius 3 is 2.75 bits per heavy atom. The maximum absolute atomic E-state index is 12.4. The molecule has 1 aromatic rings. The lowest BCUT2D eigenvalue weighted by atomic mass is 9.94. The zero-order valence-electron chi connectivity index (χ0n) is 11.7. The minimum atomic E-state index is -0.156. The number of nitrogen functional groups attached to an aromatic ring is 1. The minimum absolute atomic E-state index is 0.0130. The number of rotatable bonds is 4. The molecular weight excluding hydrogens is 254 g/mol. The number of anilines is 2. The van der Waals surface area contributed by atoms with Crippen molar-refractivity contribution >= 4 is 17.4 Å². The Balaban J connectivity index is 2.02. The summed E-state index contributed by atoms with van der Waals surface area (Å²) >= 11 is 0. The molecule has 5 nitrogen and oxygen atoms in total. The fourth-order valence-electron chi connectivity index (χ4n) is 2.76. The molecule has 0 unspecified atom stereocenters. The molecular formula is C15H23N3O2. The van der Waals surface area contributed by atoms with Gasteiger partial charge in [0.15, 0.2) is 0 Å². The average molecular weight is 277 g/mol. The van der Waals surface area contributed by atoms with Gasteiger partial charge in [0.05, 0.1) is 6.61 Å². The predicted molar refractivity (Wildman–Crippen MR) is 80.5 cm³/mol. The molecule has 1 saturated carbocycles. The lowest BCUT2D eigenvalue weighted by Gasteiger charge is -2.34. The molecule has 5 heteroatoms. The number of carbonyl (C=O) groups excluding carboxylic acids is 1. The van der Waals surface area contributed by atoms with Crippen LogP contribution in [0.15, 0.2) is 24.3 Å². The minimum Gasteiger partial charge on any atom is -0.399 e. The second kappa shape index (κ2) is 7.14. The first-order chi connectivity index (χ1) is 9.70. The number of benzene rings is 1. The fraction of sp³-hybridized carbons (Fsp3) is 0.533. The van der Waals surface area contributed by atoms with Crippen LogP contribution in [-0.4, -0.2) is 35.2 Å². The standard InChI is InChI=1S/C15H23N3O2/c16-12-5-4-6-13(11-12)17-15(20)18(9-10-19)14-7-2-1-3-8-14/h4-6,11,14,19H,1-3,7-10,16H2,(H,17,20). The van der Waals surface area contributed by atoms with E-state index in [-0.39, 0.29) is 18.7 Å². The van der Waals surface area contributed by atoms with Crippen molar-refractivity contribution in [2.24, 2.45) is 0 Å². The van der Waals surface area contributed by atoms with Gasteiger partial charge in [-0.25, -0.2) is 4.79 Å². The molecule has 1 fully saturated rings. The second-order valence-corrected chi connectivity index (χ2v) is 5.26. The van der Waals surface area contributed by atoms with Crippen LogP contribution < -0.4 is 11.1 Å². The van der Waals surface area contributed by atoms with E-state index in [1.807, 2.05) is 12.1 Å². The highest BCUT2D eigenvalue weighted by atomic mass is 16.3. The average Bonchev–Trinajstić information content (AvgIpc) is 2.45. The lowest BCUT2D eigenvalue weighted by Crippen LogP contribution is -2.45. The van der Waals surface area contributed by atoms with E-state index in [0.29, 0.717) is 17.9 Å². The number of nitrogens with zero attached hydrogens (tertiary/aromatic N) is 1. The van der Waals surface area contributed by atoms with Crippen LogP contribution in [0.5, 0.6) is 0 Å². The van der Waals surface area contributed by atoms with Gasteiger partial charge in [-0.1, -0.05) is 25.3 Å². The molecule has 1 aliphatic rings. The number of urea groups is 1. The van der Waals surface area contributed by atoms with E-state index < -0.39 is 0 Å². The Hall–Kier alpha value is -1.75. The van der Waals surface area contributed by atoms with Gasteiger partial charge in [-0.15, -0.1) is 0 Å². The van der Waals surface area contributed by atoms with Gasteiger partial charge >= 0.3 is 6.03 Å². The Labute approximate surface area is 119 Å². The first kappa shape index (κ1) is 14.7. The van der Waals surface area contributed by atoms with Gasteiger partial charge in [0.2, 0.25) is 0 Å². The molecule has 0 aliphatic heterocycles. The van der Waals surface area contributed by atoms with Gasteiger partial charge in [0, 0.05) is 24.0 Å². The van der Waals surface area contributed by atoms with Crippen molar-refractivity contribution in [3.05, 3.63) is 24.3 Å². The normalized spacial score (nSPS) is 15.8. The van der Waals surface area contributed by atoms with E-state index in [1.54, 1.807) is 17.0 Å². The molecule has 0 heterocycles. The van der Waals surface area contributed by atoms with Crippen molar-refractivity contribution in [1.29, 1.82) is 0 Å². The second-order valence-electron chi connectivity index (χ2n) is 5.26. The van der Waals surface area contributed by atoms with Crippen molar-refractivity contribution < 1.29 is 9.90 Å². The Morgan fingerprint density at radius 1 is 1.35 bits per heavy atom. The third-order valence-electron chi connectivity index (χ3n) is 3.76. The van der Waals surface area contributed by atoms with Gasteiger partial charge in [-0.2, -0.15) is 0 Å². The van der Waals surface area contributed by atoms with Crippen LogP contribution in [0.25, 0.3) is 0 Å². The summed E-state index contributed by atoms with van der Waals surface area (Å²) in [5, 5.41) is 12.0. The molecule has 2 amide bonds. The molecule has 0 spiro atoms. The molecule has 0 radical (unpaired) electrons. The van der Waals surface area contributed by atoms with Gasteiger partial charge in [-0.3, -0.25) is 0 Å². The van der Waals surface area contributed by atoms with E-state index >= 15 is 0 Å². The smallest absolute Gasteiger partial charge is 0.322 e. The third-order valence-corrected chi connectivity index (χ3v) is 3.76. The maximum atomic E-state index is 12.4. The largest absolute Gasteiger partial charge is 0.399 e. The van der Waals surface area contributed by atoms with Crippen LogP contribution in [0.3, 0.4) is 0 Å². The molecule has 1 aliphatic carbocycles. The summed E-state index contributed by atoms with van der Waals surface area (Å²) in [6, 6.07) is 7.21. The Morgan fingerprint density at radius 2 is 2.10 bits per heavy atom. The number of carbonyl (C=O) groups is 1. The molecule has 110 valence electrons. The van der Waals surface area contributed by atoms with Crippen molar-refractivity contribution in [2.45, 2.75) is 38.1 Å². The predicted octanol–water partition coefficient (Wildman–Crippen LogP) is 2.43. The summed E-state index contributed by atoms with van der Waals surface area (Å²) in [6.45, 7) is 0.361. The highest BCUT2D eigenvalue weighted by Crippen LogP contribution is 2.23. The van der Waals surface area contributed by atoms with Gasteiger partial charge in [-0.05, 0) is 31.0 Å². The zero-order valence-corrected chi connectivity index (χ0v) is 11.7. The number of aliphatic hydroxyl groups is 1. The quantitative estimate of drug-likeness (QED) is 0.740. The molecule has 0 saturated heterocycles. The number of hydrogen-bond acceptors (Lipinski definition) is 3. The Kier molecular flexibility index (Phi) is 5.24. The molecule has 0 atom stereocenters. The first-order valence-electron chi connectivity index (χ1n) is 7.24. The van der Waals surface area contributed by atoms with Crippen LogP contribution in [0, 0.1) is 0 Å². The lowest BCUT2D eigenvalue weighted by molar-refractivity contribution is 0.144. The number of nitrogens with two attached hydrogens (primary N) is 1. The van der Waals surface area contributed by atoms with Crippen molar-refractivity contribution in [1.82, 2.24) is 4.90 Å². The number of nitrogens with one attached hydrogen (secondary N) is 1. The molecule has 0 bridgehead atoms. The maximum Gasteiger partial charge on any atom is 0.322 e. The van der Waals surface area contributed by atoms with E-state index in [1.165, 1.54) is 6.42 Å². The summed E-state index contributed by atoms with van der Waals surface area (Å²) in [5.41, 5.74) is 7.02. The van der Waals surface area contributed by atoms with Crippen LogP contribution in [0.4, 0.5) is 16.2 Å². The van der Waals surface area contributed by atoms with Gasteiger partial charge in [0.25, 0.3) is 0 Å². The van der Waals surface area contributed by atoms with Gasteiger partial charge < -0.3 is 21.1 Å². The highest BCUT2D eigenvalue weighted by molar-refractivity contribution is 5.90. The van der Waals surface area contributed by atoms with Crippen LogP contribution in [-0.2, 0) is 0 Å². The molecule has 4 N–H and O–H groups in total. The fourth-order valence-corrected chi connectivity index (χ4v) is 2.76.